The van der Waals surface area contributed by atoms with Gasteiger partial charge in [-0.15, -0.1) is 0 Å². The summed E-state index contributed by atoms with van der Waals surface area (Å²) in [6.07, 6.45) is 1.87. The Labute approximate surface area is 160 Å². The molecule has 4 rings (SSSR count). The first-order chi connectivity index (χ1) is 12.3. The lowest BCUT2D eigenvalue weighted by Crippen LogP contribution is -2.61. The molecule has 0 aliphatic carbocycles. The molecule has 1 aromatic heterocycles. The van der Waals surface area contributed by atoms with Crippen molar-refractivity contribution in [1.82, 2.24) is 14.4 Å². The number of fused-ring (bicyclic) bond motifs is 3. The fraction of sp³-hybridized carbons (Fsp3) is 0.294. The molecule has 1 fully saturated rings. The molecule has 134 valence electrons. The second kappa shape index (κ2) is 5.82. The zero-order valence-electron chi connectivity index (χ0n) is 14.4. The molecule has 2 aromatic rings. The molecule has 0 N–H and O–H groups in total. The number of carbonyl (C=O) groups is 2. The Morgan fingerprint density at radius 1 is 1.19 bits per heavy atom. The summed E-state index contributed by atoms with van der Waals surface area (Å²) in [6.45, 7) is 2.42. The fourth-order valence-electron chi connectivity index (χ4n) is 3.33. The van der Waals surface area contributed by atoms with Crippen LogP contribution >= 0.6 is 23.2 Å². The largest absolute Gasteiger partial charge is 0.402 e. The van der Waals surface area contributed by atoms with Gasteiger partial charge >= 0.3 is 12.0 Å². The first-order valence-electron chi connectivity index (χ1n) is 7.98. The Morgan fingerprint density at radius 3 is 2.62 bits per heavy atom. The van der Waals surface area contributed by atoms with Crippen molar-refractivity contribution in [2.24, 2.45) is 4.99 Å². The minimum atomic E-state index is -0.627. The van der Waals surface area contributed by atoms with Gasteiger partial charge in [-0.1, -0.05) is 34.3 Å². The smallest absolute Gasteiger partial charge is 0.270 e. The number of hydrogen-bond acceptors (Lipinski definition) is 3. The summed E-state index contributed by atoms with van der Waals surface area (Å²) in [5.74, 6) is 0.748. The predicted octanol–water partition coefficient (Wildman–Crippen LogP) is 2.55. The first-order valence-corrected chi connectivity index (χ1v) is 8.74. The van der Waals surface area contributed by atoms with Crippen LogP contribution in [0.3, 0.4) is 0 Å². The Balaban J connectivity index is 1.79. The van der Waals surface area contributed by atoms with E-state index in [0.717, 1.165) is 16.2 Å². The Hall–Kier alpha value is -2.38. The average molecular weight is 393 g/mol. The van der Waals surface area contributed by atoms with Crippen LogP contribution in [0, 0.1) is 6.92 Å². The van der Waals surface area contributed by atoms with Gasteiger partial charge in [0.2, 0.25) is 11.9 Å². The highest BCUT2D eigenvalue weighted by atomic mass is 35.5. The number of aryl methyl sites for hydroxylation is 1. The number of nitrogens with zero attached hydrogens (tertiary/aromatic N) is 5. The summed E-state index contributed by atoms with van der Waals surface area (Å²) < 4.78 is 3.77. The molecule has 0 bridgehead atoms. The molecule has 0 radical (unpaired) electrons. The number of hydrogen-bond donors (Lipinski definition) is 0. The summed E-state index contributed by atoms with van der Waals surface area (Å²) in [5, 5.41) is 1.14. The molecule has 2 aliphatic rings. The number of amidine groups is 1. The molecule has 3 amide bonds. The topological polar surface area (TPSA) is 61.8 Å². The molecule has 7 nitrogen and oxygen atoms in total. The van der Waals surface area contributed by atoms with Crippen molar-refractivity contribution >= 4 is 46.9 Å². The molecule has 26 heavy (non-hydrogen) atoms. The molecule has 1 unspecified atom stereocenters. The standard InChI is InChI=1S/C17H16Cl2N5O2/c1-9-7-24-13-14(21(2)17(26)22(3)15(13)25)20-16(24)23(9)8-10-4-5-11(18)6-12(10)19/h4-7,13H,8H2,1-3H3/q+1. The summed E-state index contributed by atoms with van der Waals surface area (Å²) in [6, 6.07) is 4.33. The van der Waals surface area contributed by atoms with Gasteiger partial charge in [-0.05, 0) is 19.1 Å². The van der Waals surface area contributed by atoms with Crippen LogP contribution in [-0.2, 0) is 11.3 Å². The number of halogens is 2. The Bertz CT molecular complexity index is 997. The third-order valence-corrected chi connectivity index (χ3v) is 5.37. The van der Waals surface area contributed by atoms with E-state index in [-0.39, 0.29) is 11.9 Å². The SMILES string of the molecule is Cc1c[n+]2c(n1Cc1ccc(Cl)cc1Cl)N=C1C2C(=O)N(C)C(=O)N1C. The van der Waals surface area contributed by atoms with Gasteiger partial charge in [-0.3, -0.25) is 14.6 Å². The summed E-state index contributed by atoms with van der Waals surface area (Å²) in [7, 11) is 3.10. The van der Waals surface area contributed by atoms with Crippen LogP contribution in [0.1, 0.15) is 17.3 Å². The maximum atomic E-state index is 12.6. The molecule has 1 saturated heterocycles. The fourth-order valence-corrected chi connectivity index (χ4v) is 3.79. The van der Waals surface area contributed by atoms with Gasteiger partial charge in [0.05, 0.1) is 6.54 Å². The highest BCUT2D eigenvalue weighted by Crippen LogP contribution is 2.30. The van der Waals surface area contributed by atoms with E-state index in [0.29, 0.717) is 28.4 Å². The summed E-state index contributed by atoms with van der Waals surface area (Å²) >= 11 is 12.3. The maximum absolute atomic E-state index is 12.6. The van der Waals surface area contributed by atoms with E-state index in [4.69, 9.17) is 23.2 Å². The predicted molar refractivity (Wildman–Crippen MR) is 97.0 cm³/mol. The second-order valence-corrected chi connectivity index (χ2v) is 7.25. The number of aliphatic imine (C=N–C) groups is 1. The van der Waals surface area contributed by atoms with Crippen LogP contribution in [0.2, 0.25) is 10.0 Å². The van der Waals surface area contributed by atoms with Crippen LogP contribution in [-0.4, -0.2) is 46.2 Å². The molecule has 0 spiro atoms. The zero-order chi connectivity index (χ0) is 18.7. The van der Waals surface area contributed by atoms with Gasteiger partial charge in [-0.2, -0.15) is 0 Å². The van der Waals surface area contributed by atoms with Crippen LogP contribution in [0.25, 0.3) is 0 Å². The van der Waals surface area contributed by atoms with Crippen molar-refractivity contribution in [3.63, 3.8) is 0 Å². The van der Waals surface area contributed by atoms with Gasteiger partial charge in [0.1, 0.15) is 11.9 Å². The number of amides is 3. The van der Waals surface area contributed by atoms with Crippen LogP contribution in [0.4, 0.5) is 10.7 Å². The first kappa shape index (κ1) is 17.1. The van der Waals surface area contributed by atoms with Gasteiger partial charge in [0, 0.05) is 29.7 Å². The van der Waals surface area contributed by atoms with E-state index in [1.165, 1.54) is 11.9 Å². The number of imidazole rings is 1. The van der Waals surface area contributed by atoms with Gasteiger partial charge in [0.15, 0.2) is 0 Å². The highest BCUT2D eigenvalue weighted by Gasteiger charge is 2.52. The lowest BCUT2D eigenvalue weighted by atomic mass is 10.2. The molecular formula is C17H16Cl2N5O2+. The van der Waals surface area contributed by atoms with E-state index < -0.39 is 6.04 Å². The molecule has 2 aliphatic heterocycles. The summed E-state index contributed by atoms with van der Waals surface area (Å²) in [4.78, 5) is 31.9. The third-order valence-electron chi connectivity index (χ3n) is 4.79. The number of urea groups is 1. The molecule has 9 heteroatoms. The zero-order valence-corrected chi connectivity index (χ0v) is 15.9. The van der Waals surface area contributed by atoms with E-state index in [2.05, 4.69) is 4.99 Å². The van der Waals surface area contributed by atoms with Crippen molar-refractivity contribution in [2.45, 2.75) is 19.5 Å². The lowest BCUT2D eigenvalue weighted by molar-refractivity contribution is -0.677. The van der Waals surface area contributed by atoms with Crippen molar-refractivity contribution in [3.8, 4) is 0 Å². The molecule has 1 aromatic carbocycles. The average Bonchev–Trinajstić information content (AvgIpc) is 3.09. The van der Waals surface area contributed by atoms with Crippen molar-refractivity contribution < 1.29 is 14.2 Å². The molecule has 1 atom stereocenters. The quantitative estimate of drug-likeness (QED) is 0.737. The number of rotatable bonds is 2. The summed E-state index contributed by atoms with van der Waals surface area (Å²) in [5.41, 5.74) is 1.82. The number of benzene rings is 1. The number of imide groups is 1. The van der Waals surface area contributed by atoms with Gasteiger partial charge in [-0.25, -0.2) is 13.9 Å². The van der Waals surface area contributed by atoms with Crippen LogP contribution in [0.5, 0.6) is 0 Å². The molecule has 0 saturated carbocycles. The number of likely N-dealkylation sites (N-methyl/N-ethyl adjacent to an activating group) is 2. The van der Waals surface area contributed by atoms with Crippen molar-refractivity contribution in [1.29, 1.82) is 0 Å². The minimum Gasteiger partial charge on any atom is -0.270 e. The minimum absolute atomic E-state index is 0.294. The third kappa shape index (κ3) is 2.34. The monoisotopic (exact) mass is 392 g/mol. The maximum Gasteiger partial charge on any atom is 0.402 e. The number of aromatic nitrogens is 2. The Morgan fingerprint density at radius 2 is 1.92 bits per heavy atom. The highest BCUT2D eigenvalue weighted by molar-refractivity contribution is 6.35. The molecular weight excluding hydrogens is 377 g/mol. The van der Waals surface area contributed by atoms with E-state index >= 15 is 0 Å². The second-order valence-electron chi connectivity index (χ2n) is 6.41. The van der Waals surface area contributed by atoms with Crippen LogP contribution < -0.4 is 4.57 Å². The Kier molecular flexibility index (Phi) is 3.82. The van der Waals surface area contributed by atoms with Gasteiger partial charge in [0.25, 0.3) is 5.91 Å². The van der Waals surface area contributed by atoms with Crippen LogP contribution in [0.15, 0.2) is 29.4 Å². The normalized spacial score (nSPS) is 19.0. The number of carbonyl (C=O) groups excluding carboxylic acids is 2. The van der Waals surface area contributed by atoms with E-state index in [9.17, 15) is 9.59 Å². The van der Waals surface area contributed by atoms with Gasteiger partial charge < -0.3 is 0 Å². The van der Waals surface area contributed by atoms with E-state index in [1.54, 1.807) is 23.7 Å². The lowest BCUT2D eigenvalue weighted by Gasteiger charge is -2.30. The van der Waals surface area contributed by atoms with Crippen molar-refractivity contribution in [3.05, 3.63) is 45.7 Å². The van der Waals surface area contributed by atoms with E-state index in [1.807, 2.05) is 23.8 Å². The molecule has 3 heterocycles. The van der Waals surface area contributed by atoms with Crippen molar-refractivity contribution in [2.75, 3.05) is 14.1 Å².